The highest BCUT2D eigenvalue weighted by Crippen LogP contribution is 2.37. The first-order valence-corrected chi connectivity index (χ1v) is 7.66. The molecule has 2 unspecified atom stereocenters. The minimum atomic E-state index is -0.610. The van der Waals surface area contributed by atoms with E-state index in [0.29, 0.717) is 10.9 Å². The molecule has 2 fully saturated rings. The highest BCUT2D eigenvalue weighted by Gasteiger charge is 2.43. The summed E-state index contributed by atoms with van der Waals surface area (Å²) in [6.07, 6.45) is 5.84. The van der Waals surface area contributed by atoms with Gasteiger partial charge in [0, 0.05) is 18.6 Å². The lowest BCUT2D eigenvalue weighted by molar-refractivity contribution is -0.129. The van der Waals surface area contributed by atoms with E-state index < -0.39 is 5.41 Å². The predicted molar refractivity (Wildman–Crippen MR) is 78.8 cm³/mol. The van der Waals surface area contributed by atoms with Crippen molar-refractivity contribution in [1.29, 1.82) is 0 Å². The molecule has 1 saturated heterocycles. The number of rotatable bonds is 4. The van der Waals surface area contributed by atoms with Crippen molar-refractivity contribution in [2.24, 2.45) is 17.1 Å². The zero-order chi connectivity index (χ0) is 13.9. The van der Waals surface area contributed by atoms with Crippen LogP contribution < -0.4 is 11.1 Å². The van der Waals surface area contributed by atoms with Gasteiger partial charge in [0.1, 0.15) is 0 Å². The Labute approximate surface area is 120 Å². The minimum absolute atomic E-state index is 0.0269. The molecule has 2 aliphatic rings. The van der Waals surface area contributed by atoms with E-state index in [9.17, 15) is 4.79 Å². The van der Waals surface area contributed by atoms with Crippen molar-refractivity contribution in [2.45, 2.75) is 51.5 Å². The SMILES string of the molecule is CC(NC(=O)C1(C(N)=S)CCCCC1)C1CCOC1. The monoisotopic (exact) mass is 284 g/mol. The van der Waals surface area contributed by atoms with Crippen LogP contribution in [0.5, 0.6) is 0 Å². The van der Waals surface area contributed by atoms with E-state index >= 15 is 0 Å². The lowest BCUT2D eigenvalue weighted by atomic mass is 9.73. The van der Waals surface area contributed by atoms with Crippen LogP contribution in [0.15, 0.2) is 0 Å². The van der Waals surface area contributed by atoms with Gasteiger partial charge in [-0.3, -0.25) is 4.79 Å². The van der Waals surface area contributed by atoms with Crippen molar-refractivity contribution in [3.05, 3.63) is 0 Å². The molecule has 0 spiro atoms. The lowest BCUT2D eigenvalue weighted by Crippen LogP contribution is -2.53. The van der Waals surface area contributed by atoms with Gasteiger partial charge in [-0.15, -0.1) is 0 Å². The van der Waals surface area contributed by atoms with E-state index in [4.69, 9.17) is 22.7 Å². The molecule has 1 aliphatic carbocycles. The summed E-state index contributed by atoms with van der Waals surface area (Å²) < 4.78 is 5.38. The maximum absolute atomic E-state index is 12.6. The van der Waals surface area contributed by atoms with Crippen molar-refractivity contribution < 1.29 is 9.53 Å². The van der Waals surface area contributed by atoms with Crippen LogP contribution in [0.1, 0.15) is 45.4 Å². The number of ether oxygens (including phenoxy) is 1. The average Bonchev–Trinajstić information content (AvgIpc) is 2.93. The molecular weight excluding hydrogens is 260 g/mol. The summed E-state index contributed by atoms with van der Waals surface area (Å²) in [5.41, 5.74) is 5.27. The number of hydrogen-bond donors (Lipinski definition) is 2. The van der Waals surface area contributed by atoms with Gasteiger partial charge >= 0.3 is 0 Å². The number of thiocarbonyl (C=S) groups is 1. The van der Waals surface area contributed by atoms with Gasteiger partial charge in [0.2, 0.25) is 5.91 Å². The van der Waals surface area contributed by atoms with Crippen LogP contribution in [0.3, 0.4) is 0 Å². The molecule has 4 nitrogen and oxygen atoms in total. The van der Waals surface area contributed by atoms with Gasteiger partial charge in [-0.1, -0.05) is 31.5 Å². The topological polar surface area (TPSA) is 64.4 Å². The zero-order valence-electron chi connectivity index (χ0n) is 11.6. The van der Waals surface area contributed by atoms with Crippen LogP contribution in [-0.4, -0.2) is 30.2 Å². The zero-order valence-corrected chi connectivity index (χ0v) is 12.4. The summed E-state index contributed by atoms with van der Waals surface area (Å²) in [5.74, 6) is 0.440. The summed E-state index contributed by atoms with van der Waals surface area (Å²) in [6.45, 7) is 3.58. The van der Waals surface area contributed by atoms with Gasteiger partial charge < -0.3 is 15.8 Å². The molecule has 0 bridgehead atoms. The van der Waals surface area contributed by atoms with E-state index in [2.05, 4.69) is 5.32 Å². The Kier molecular flexibility index (Phi) is 4.79. The third-order valence-electron chi connectivity index (χ3n) is 4.64. The first kappa shape index (κ1) is 14.7. The van der Waals surface area contributed by atoms with Gasteiger partial charge in [0.05, 0.1) is 17.0 Å². The number of carbonyl (C=O) groups is 1. The Hall–Kier alpha value is -0.680. The maximum Gasteiger partial charge on any atom is 0.233 e. The van der Waals surface area contributed by atoms with Gasteiger partial charge in [-0.05, 0) is 26.2 Å². The molecule has 1 amide bonds. The molecule has 0 radical (unpaired) electrons. The van der Waals surface area contributed by atoms with Crippen molar-refractivity contribution in [2.75, 3.05) is 13.2 Å². The second kappa shape index (κ2) is 6.18. The molecule has 0 aromatic carbocycles. The summed E-state index contributed by atoms with van der Waals surface area (Å²) in [7, 11) is 0. The van der Waals surface area contributed by atoms with Crippen LogP contribution in [-0.2, 0) is 9.53 Å². The fourth-order valence-corrected chi connectivity index (χ4v) is 3.45. The molecule has 1 saturated carbocycles. The van der Waals surface area contributed by atoms with Crippen molar-refractivity contribution >= 4 is 23.1 Å². The molecule has 1 aliphatic heterocycles. The van der Waals surface area contributed by atoms with Crippen LogP contribution in [0.2, 0.25) is 0 Å². The van der Waals surface area contributed by atoms with Gasteiger partial charge in [-0.2, -0.15) is 0 Å². The molecule has 19 heavy (non-hydrogen) atoms. The Balaban J connectivity index is 2.01. The third kappa shape index (κ3) is 3.08. The van der Waals surface area contributed by atoms with E-state index in [-0.39, 0.29) is 11.9 Å². The highest BCUT2D eigenvalue weighted by molar-refractivity contribution is 7.80. The molecule has 0 aromatic heterocycles. The Morgan fingerprint density at radius 3 is 2.63 bits per heavy atom. The summed E-state index contributed by atoms with van der Waals surface area (Å²) in [5, 5.41) is 3.13. The molecule has 2 rings (SSSR count). The number of amides is 1. The number of nitrogens with two attached hydrogens (primary N) is 1. The second-order valence-electron chi connectivity index (χ2n) is 5.89. The second-order valence-corrected chi connectivity index (χ2v) is 6.33. The Morgan fingerprint density at radius 2 is 2.11 bits per heavy atom. The standard InChI is InChI=1S/C14H24N2O2S/c1-10(11-5-8-18-9-11)16-13(17)14(12(15)19)6-3-2-4-7-14/h10-11H,2-9H2,1H3,(H2,15,19)(H,16,17). The van der Waals surface area contributed by atoms with Crippen molar-refractivity contribution in [3.63, 3.8) is 0 Å². The van der Waals surface area contributed by atoms with Crippen molar-refractivity contribution in [1.82, 2.24) is 5.32 Å². The Morgan fingerprint density at radius 1 is 1.42 bits per heavy atom. The van der Waals surface area contributed by atoms with Crippen LogP contribution in [0.4, 0.5) is 0 Å². The largest absolute Gasteiger partial charge is 0.392 e. The molecule has 0 aromatic rings. The van der Waals surface area contributed by atoms with Gasteiger partial charge in [0.15, 0.2) is 0 Å². The molecular formula is C14H24N2O2S. The van der Waals surface area contributed by atoms with Crippen molar-refractivity contribution in [3.8, 4) is 0 Å². The van der Waals surface area contributed by atoms with E-state index in [1.807, 2.05) is 6.92 Å². The number of hydrogen-bond acceptors (Lipinski definition) is 3. The fourth-order valence-electron chi connectivity index (χ4n) is 3.15. The summed E-state index contributed by atoms with van der Waals surface area (Å²) in [6, 6.07) is 0.128. The predicted octanol–water partition coefficient (Wildman–Crippen LogP) is 1.76. The average molecular weight is 284 g/mol. The van der Waals surface area contributed by atoms with Crippen LogP contribution in [0.25, 0.3) is 0 Å². The smallest absolute Gasteiger partial charge is 0.233 e. The molecule has 2 atom stereocenters. The van der Waals surface area contributed by atoms with Crippen LogP contribution in [0, 0.1) is 11.3 Å². The quantitative estimate of drug-likeness (QED) is 0.772. The summed E-state index contributed by atoms with van der Waals surface area (Å²) in [4.78, 5) is 13.0. The lowest BCUT2D eigenvalue weighted by Gasteiger charge is -2.36. The first-order chi connectivity index (χ1) is 9.06. The summed E-state index contributed by atoms with van der Waals surface area (Å²) >= 11 is 5.18. The van der Waals surface area contributed by atoms with E-state index in [1.54, 1.807) is 0 Å². The minimum Gasteiger partial charge on any atom is -0.392 e. The molecule has 1 heterocycles. The molecule has 3 N–H and O–H groups in total. The highest BCUT2D eigenvalue weighted by atomic mass is 32.1. The fraction of sp³-hybridized carbons (Fsp3) is 0.857. The number of carbonyl (C=O) groups excluding carboxylic acids is 1. The van der Waals surface area contributed by atoms with E-state index in [1.165, 1.54) is 6.42 Å². The van der Waals surface area contributed by atoms with Crippen LogP contribution >= 0.6 is 12.2 Å². The number of nitrogens with one attached hydrogen (secondary N) is 1. The molecule has 5 heteroatoms. The maximum atomic E-state index is 12.6. The Bertz CT molecular complexity index is 347. The normalized spacial score (nSPS) is 27.7. The van der Waals surface area contributed by atoms with Gasteiger partial charge in [0.25, 0.3) is 0 Å². The molecule has 108 valence electrons. The third-order valence-corrected chi connectivity index (χ3v) is 5.03. The van der Waals surface area contributed by atoms with E-state index in [0.717, 1.165) is 45.3 Å². The van der Waals surface area contributed by atoms with Gasteiger partial charge in [-0.25, -0.2) is 0 Å². The first-order valence-electron chi connectivity index (χ1n) is 7.25.